The van der Waals surface area contributed by atoms with Crippen LogP contribution in [0.1, 0.15) is 5.56 Å². The first kappa shape index (κ1) is 13.2. The lowest BCUT2D eigenvalue weighted by Crippen LogP contribution is -2.46. The second-order valence-corrected chi connectivity index (χ2v) is 5.43. The van der Waals surface area contributed by atoms with Gasteiger partial charge in [0.15, 0.2) is 0 Å². The number of nitriles is 1. The van der Waals surface area contributed by atoms with E-state index in [4.69, 9.17) is 16.9 Å². The number of nitrogens with one attached hydrogen (secondary N) is 2. The number of rotatable bonds is 2. The molecule has 2 N–H and O–H groups in total. The zero-order valence-corrected chi connectivity index (χ0v) is 11.1. The number of halogens is 1. The first-order valence-corrected chi connectivity index (χ1v) is 7.05. The third-order valence-corrected chi connectivity index (χ3v) is 3.98. The van der Waals surface area contributed by atoms with E-state index in [2.05, 4.69) is 10.6 Å². The summed E-state index contributed by atoms with van der Waals surface area (Å²) < 4.78 is 0. The maximum atomic E-state index is 12.0. The van der Waals surface area contributed by atoms with Crippen molar-refractivity contribution >= 4 is 35.0 Å². The average molecular weight is 282 g/mol. The molecule has 1 aliphatic rings. The van der Waals surface area contributed by atoms with Crippen LogP contribution in [0.15, 0.2) is 18.2 Å². The highest BCUT2D eigenvalue weighted by atomic mass is 35.5. The van der Waals surface area contributed by atoms with Crippen molar-refractivity contribution in [3.63, 3.8) is 0 Å². The van der Waals surface area contributed by atoms with E-state index in [1.165, 1.54) is 0 Å². The second-order valence-electron chi connectivity index (χ2n) is 3.88. The van der Waals surface area contributed by atoms with Gasteiger partial charge in [-0.15, -0.1) is 0 Å². The van der Waals surface area contributed by atoms with E-state index in [1.54, 1.807) is 30.0 Å². The van der Waals surface area contributed by atoms with Crippen molar-refractivity contribution in [2.45, 2.75) is 6.04 Å². The number of hydrogen-bond donors (Lipinski definition) is 2. The highest BCUT2D eigenvalue weighted by Crippen LogP contribution is 2.23. The molecule has 0 saturated carbocycles. The molecule has 1 amide bonds. The van der Waals surface area contributed by atoms with Gasteiger partial charge in [-0.05, 0) is 18.2 Å². The van der Waals surface area contributed by atoms with Crippen molar-refractivity contribution < 1.29 is 4.79 Å². The van der Waals surface area contributed by atoms with Crippen LogP contribution < -0.4 is 10.6 Å². The predicted molar refractivity (Wildman–Crippen MR) is 73.9 cm³/mol. The maximum absolute atomic E-state index is 12.0. The van der Waals surface area contributed by atoms with Crippen molar-refractivity contribution in [2.75, 3.05) is 23.4 Å². The molecule has 1 aromatic rings. The molecule has 2 rings (SSSR count). The van der Waals surface area contributed by atoms with Crippen LogP contribution in [0.2, 0.25) is 5.02 Å². The Morgan fingerprint density at radius 3 is 3.11 bits per heavy atom. The van der Waals surface area contributed by atoms with E-state index < -0.39 is 0 Å². The minimum atomic E-state index is -0.203. The summed E-state index contributed by atoms with van der Waals surface area (Å²) in [6, 6.07) is 6.62. The van der Waals surface area contributed by atoms with Crippen LogP contribution >= 0.6 is 23.4 Å². The average Bonchev–Trinajstić information content (AvgIpc) is 2.42. The minimum absolute atomic E-state index is 0.112. The monoisotopic (exact) mass is 281 g/mol. The van der Waals surface area contributed by atoms with Crippen molar-refractivity contribution in [1.82, 2.24) is 5.32 Å². The van der Waals surface area contributed by atoms with Gasteiger partial charge in [0.05, 0.1) is 28.4 Å². The fourth-order valence-electron chi connectivity index (χ4n) is 1.64. The summed E-state index contributed by atoms with van der Waals surface area (Å²) in [6.45, 7) is 0.828. The standard InChI is InChI=1S/C12H12ClN3OS/c13-9-2-1-8(6-14)5-10(9)16-12(17)11-7-18-4-3-15-11/h1-2,5,11,15H,3-4,7H2,(H,16,17). The molecule has 18 heavy (non-hydrogen) atoms. The van der Waals surface area contributed by atoms with E-state index >= 15 is 0 Å². The summed E-state index contributed by atoms with van der Waals surface area (Å²) in [6.07, 6.45) is 0. The van der Waals surface area contributed by atoms with Crippen LogP contribution in [-0.2, 0) is 4.79 Å². The molecule has 1 unspecified atom stereocenters. The molecule has 94 valence electrons. The summed E-state index contributed by atoms with van der Waals surface area (Å²) in [5.74, 6) is 1.66. The van der Waals surface area contributed by atoms with Gasteiger partial charge in [-0.3, -0.25) is 4.79 Å². The van der Waals surface area contributed by atoms with Gasteiger partial charge in [-0.25, -0.2) is 0 Å². The van der Waals surface area contributed by atoms with Crippen LogP contribution in [0.3, 0.4) is 0 Å². The molecule has 0 bridgehead atoms. The molecule has 1 aromatic carbocycles. The summed E-state index contributed by atoms with van der Waals surface area (Å²) in [7, 11) is 0. The fourth-order valence-corrected chi connectivity index (χ4v) is 2.74. The summed E-state index contributed by atoms with van der Waals surface area (Å²) in [5.41, 5.74) is 0.957. The number of nitrogens with zero attached hydrogens (tertiary/aromatic N) is 1. The molecule has 1 saturated heterocycles. The molecular formula is C12H12ClN3OS. The normalized spacial score (nSPS) is 19.0. The largest absolute Gasteiger partial charge is 0.323 e. The van der Waals surface area contributed by atoms with Gasteiger partial charge < -0.3 is 10.6 Å². The molecule has 0 spiro atoms. The maximum Gasteiger partial charge on any atom is 0.242 e. The van der Waals surface area contributed by atoms with E-state index in [0.717, 1.165) is 18.1 Å². The Labute approximate surface area is 115 Å². The first-order valence-electron chi connectivity index (χ1n) is 5.52. The molecule has 1 aliphatic heterocycles. The topological polar surface area (TPSA) is 64.9 Å². The lowest BCUT2D eigenvalue weighted by Gasteiger charge is -2.22. The number of hydrogen-bond acceptors (Lipinski definition) is 4. The Bertz CT molecular complexity index is 495. The van der Waals surface area contributed by atoms with E-state index in [9.17, 15) is 4.79 Å². The second kappa shape index (κ2) is 6.10. The highest BCUT2D eigenvalue weighted by Gasteiger charge is 2.21. The fraction of sp³-hybridized carbons (Fsp3) is 0.333. The number of anilines is 1. The molecule has 0 aromatic heterocycles. The van der Waals surface area contributed by atoms with Gasteiger partial charge >= 0.3 is 0 Å². The number of benzene rings is 1. The van der Waals surface area contributed by atoms with Crippen molar-refractivity contribution in [3.8, 4) is 6.07 Å². The lowest BCUT2D eigenvalue weighted by atomic mass is 10.2. The van der Waals surface area contributed by atoms with Gasteiger partial charge in [-0.2, -0.15) is 17.0 Å². The van der Waals surface area contributed by atoms with Crippen LogP contribution in [0.4, 0.5) is 5.69 Å². The molecule has 0 radical (unpaired) electrons. The number of carbonyl (C=O) groups excluding carboxylic acids is 1. The molecule has 6 heteroatoms. The third-order valence-electron chi connectivity index (χ3n) is 2.59. The molecular weight excluding hydrogens is 270 g/mol. The molecule has 1 atom stereocenters. The molecule has 0 aliphatic carbocycles. The van der Waals surface area contributed by atoms with Crippen LogP contribution in [0.25, 0.3) is 0 Å². The Hall–Kier alpha value is -1.22. The number of amides is 1. The van der Waals surface area contributed by atoms with Gasteiger partial charge in [0, 0.05) is 18.1 Å². The van der Waals surface area contributed by atoms with E-state index in [-0.39, 0.29) is 11.9 Å². The number of carbonyl (C=O) groups is 1. The predicted octanol–water partition coefficient (Wildman–Crippen LogP) is 1.86. The Kier molecular flexibility index (Phi) is 4.48. The van der Waals surface area contributed by atoms with Crippen LogP contribution in [0.5, 0.6) is 0 Å². The van der Waals surface area contributed by atoms with Crippen molar-refractivity contribution in [2.24, 2.45) is 0 Å². The van der Waals surface area contributed by atoms with Gasteiger partial charge in [0.1, 0.15) is 0 Å². The SMILES string of the molecule is N#Cc1ccc(Cl)c(NC(=O)C2CSCCN2)c1. The summed E-state index contributed by atoms with van der Waals surface area (Å²) >= 11 is 7.73. The Morgan fingerprint density at radius 1 is 1.61 bits per heavy atom. The zero-order chi connectivity index (χ0) is 13.0. The van der Waals surface area contributed by atoms with Crippen LogP contribution in [-0.4, -0.2) is 30.0 Å². The smallest absolute Gasteiger partial charge is 0.242 e. The van der Waals surface area contributed by atoms with E-state index in [1.807, 2.05) is 6.07 Å². The molecule has 4 nitrogen and oxygen atoms in total. The van der Waals surface area contributed by atoms with Gasteiger partial charge in [-0.1, -0.05) is 11.6 Å². The summed E-state index contributed by atoms with van der Waals surface area (Å²) in [4.78, 5) is 12.0. The Balaban J connectivity index is 2.08. The summed E-state index contributed by atoms with van der Waals surface area (Å²) in [5, 5.41) is 15.2. The number of thioether (sulfide) groups is 1. The van der Waals surface area contributed by atoms with Crippen molar-refractivity contribution in [1.29, 1.82) is 5.26 Å². The highest BCUT2D eigenvalue weighted by molar-refractivity contribution is 7.99. The van der Waals surface area contributed by atoms with Gasteiger partial charge in [0.2, 0.25) is 5.91 Å². The third kappa shape index (κ3) is 3.16. The molecule has 1 fully saturated rings. The quantitative estimate of drug-likeness (QED) is 0.868. The lowest BCUT2D eigenvalue weighted by molar-refractivity contribution is -0.117. The van der Waals surface area contributed by atoms with Gasteiger partial charge in [0.25, 0.3) is 0 Å². The van der Waals surface area contributed by atoms with Crippen molar-refractivity contribution in [3.05, 3.63) is 28.8 Å². The van der Waals surface area contributed by atoms with Crippen LogP contribution in [0, 0.1) is 11.3 Å². The zero-order valence-electron chi connectivity index (χ0n) is 9.57. The molecule has 1 heterocycles. The first-order chi connectivity index (χ1) is 8.70. The Morgan fingerprint density at radius 2 is 2.44 bits per heavy atom. The minimum Gasteiger partial charge on any atom is -0.323 e. The van der Waals surface area contributed by atoms with E-state index in [0.29, 0.717) is 16.3 Å².